The molecule has 2 aromatic heterocycles. The van der Waals surface area contributed by atoms with Gasteiger partial charge in [0.1, 0.15) is 0 Å². The van der Waals surface area contributed by atoms with E-state index in [0.717, 1.165) is 24.9 Å². The molecule has 132 valence electrons. The van der Waals surface area contributed by atoms with Crippen molar-refractivity contribution in [3.05, 3.63) is 34.1 Å². The Kier molecular flexibility index (Phi) is 7.24. The highest BCUT2D eigenvalue weighted by atomic mass is 32.1. The largest absolute Gasteiger partial charge is 0.357 e. The predicted molar refractivity (Wildman–Crippen MR) is 98.8 cm³/mol. The Morgan fingerprint density at radius 1 is 1.33 bits per heavy atom. The lowest BCUT2D eigenvalue weighted by atomic mass is 10.1. The van der Waals surface area contributed by atoms with Crippen LogP contribution in [0.25, 0.3) is 0 Å². The van der Waals surface area contributed by atoms with E-state index in [0.29, 0.717) is 24.8 Å². The van der Waals surface area contributed by atoms with Gasteiger partial charge in [-0.15, -0.1) is 11.3 Å². The quantitative estimate of drug-likeness (QED) is 0.565. The van der Waals surface area contributed by atoms with E-state index in [4.69, 9.17) is 4.52 Å². The molecule has 2 aromatic rings. The first-order valence-electron chi connectivity index (χ1n) is 8.48. The molecular formula is C17H27N5OS. The standard InChI is InChI=1S/C17H27N5OS/c1-5-18-17(20-11-13(4)14-7-6-10-24-14)19-9-8-15-21-16(12(2)3)22-23-15/h6-7,10,12-13H,5,8-9,11H2,1-4H3,(H2,18,19,20). The van der Waals surface area contributed by atoms with Gasteiger partial charge >= 0.3 is 0 Å². The molecule has 0 aliphatic carbocycles. The average Bonchev–Trinajstić information content (AvgIpc) is 3.23. The number of thiophene rings is 1. The van der Waals surface area contributed by atoms with Gasteiger partial charge < -0.3 is 15.2 Å². The van der Waals surface area contributed by atoms with Crippen LogP contribution in [0.2, 0.25) is 0 Å². The van der Waals surface area contributed by atoms with Crippen molar-refractivity contribution in [2.75, 3.05) is 19.6 Å². The third-order valence-electron chi connectivity index (χ3n) is 3.53. The van der Waals surface area contributed by atoms with Crippen molar-refractivity contribution in [3.63, 3.8) is 0 Å². The summed E-state index contributed by atoms with van der Waals surface area (Å²) in [5.74, 6) is 2.95. The van der Waals surface area contributed by atoms with Gasteiger partial charge in [-0.1, -0.05) is 32.0 Å². The molecule has 0 spiro atoms. The number of nitrogens with one attached hydrogen (secondary N) is 2. The summed E-state index contributed by atoms with van der Waals surface area (Å²) in [7, 11) is 0. The highest BCUT2D eigenvalue weighted by molar-refractivity contribution is 7.10. The summed E-state index contributed by atoms with van der Waals surface area (Å²) >= 11 is 1.78. The second-order valence-electron chi connectivity index (χ2n) is 6.01. The Bertz CT molecular complexity index is 621. The highest BCUT2D eigenvalue weighted by Crippen LogP contribution is 2.20. The van der Waals surface area contributed by atoms with Gasteiger partial charge in [-0.25, -0.2) is 0 Å². The van der Waals surface area contributed by atoms with Crippen molar-refractivity contribution < 1.29 is 4.52 Å². The molecule has 2 heterocycles. The van der Waals surface area contributed by atoms with E-state index in [1.54, 1.807) is 11.3 Å². The molecule has 0 bridgehead atoms. The zero-order chi connectivity index (χ0) is 17.4. The molecule has 0 aromatic carbocycles. The van der Waals surface area contributed by atoms with Crippen molar-refractivity contribution in [3.8, 4) is 0 Å². The van der Waals surface area contributed by atoms with Crippen LogP contribution in [0.15, 0.2) is 27.0 Å². The Balaban J connectivity index is 1.82. The van der Waals surface area contributed by atoms with Gasteiger partial charge in [0.05, 0.1) is 6.54 Å². The maximum absolute atomic E-state index is 5.25. The van der Waals surface area contributed by atoms with Crippen LogP contribution in [-0.4, -0.2) is 35.7 Å². The monoisotopic (exact) mass is 349 g/mol. The number of hydrogen-bond donors (Lipinski definition) is 2. The first-order valence-corrected chi connectivity index (χ1v) is 9.36. The molecule has 0 aliphatic rings. The minimum absolute atomic E-state index is 0.285. The first-order chi connectivity index (χ1) is 11.6. The summed E-state index contributed by atoms with van der Waals surface area (Å²) in [5.41, 5.74) is 0. The van der Waals surface area contributed by atoms with E-state index >= 15 is 0 Å². The summed E-state index contributed by atoms with van der Waals surface area (Å²) in [4.78, 5) is 10.4. The fourth-order valence-electron chi connectivity index (χ4n) is 2.12. The highest BCUT2D eigenvalue weighted by Gasteiger charge is 2.10. The minimum Gasteiger partial charge on any atom is -0.357 e. The zero-order valence-corrected chi connectivity index (χ0v) is 15.7. The van der Waals surface area contributed by atoms with Gasteiger partial charge in [0.25, 0.3) is 0 Å². The van der Waals surface area contributed by atoms with E-state index in [1.165, 1.54) is 4.88 Å². The second kappa shape index (κ2) is 9.42. The summed E-state index contributed by atoms with van der Waals surface area (Å²) in [6.45, 7) is 10.7. The lowest BCUT2D eigenvalue weighted by molar-refractivity contribution is 0.371. The van der Waals surface area contributed by atoms with Gasteiger partial charge in [-0.2, -0.15) is 4.98 Å². The molecule has 2 N–H and O–H groups in total. The molecule has 1 atom stereocenters. The van der Waals surface area contributed by atoms with E-state index in [9.17, 15) is 0 Å². The molecule has 2 rings (SSSR count). The number of hydrogen-bond acceptors (Lipinski definition) is 5. The van der Waals surface area contributed by atoms with Crippen molar-refractivity contribution >= 4 is 17.3 Å². The molecule has 0 aliphatic heterocycles. The number of aliphatic imine (C=N–C) groups is 1. The van der Waals surface area contributed by atoms with Gasteiger partial charge in [-0.05, 0) is 18.4 Å². The van der Waals surface area contributed by atoms with Crippen LogP contribution in [-0.2, 0) is 6.42 Å². The number of nitrogens with zero attached hydrogens (tertiary/aromatic N) is 3. The van der Waals surface area contributed by atoms with Crippen molar-refractivity contribution in [2.45, 2.75) is 46.0 Å². The summed E-state index contributed by atoms with van der Waals surface area (Å²) in [6, 6.07) is 4.24. The van der Waals surface area contributed by atoms with E-state index in [2.05, 4.69) is 71.0 Å². The summed E-state index contributed by atoms with van der Waals surface area (Å²) in [5, 5.41) is 12.7. The molecule has 0 saturated carbocycles. The molecule has 0 fully saturated rings. The second-order valence-corrected chi connectivity index (χ2v) is 6.99. The van der Waals surface area contributed by atoms with Crippen LogP contribution in [0, 0.1) is 0 Å². The number of guanidine groups is 1. The Morgan fingerprint density at radius 2 is 2.17 bits per heavy atom. The van der Waals surface area contributed by atoms with E-state index in [-0.39, 0.29) is 5.92 Å². The van der Waals surface area contributed by atoms with Crippen LogP contribution in [0.5, 0.6) is 0 Å². The maximum Gasteiger partial charge on any atom is 0.228 e. The van der Waals surface area contributed by atoms with Crippen LogP contribution in [0.4, 0.5) is 0 Å². The predicted octanol–water partition coefficient (Wildman–Crippen LogP) is 3.16. The molecule has 24 heavy (non-hydrogen) atoms. The minimum atomic E-state index is 0.285. The summed E-state index contributed by atoms with van der Waals surface area (Å²) < 4.78 is 5.25. The normalized spacial score (nSPS) is 13.3. The molecule has 1 unspecified atom stereocenters. The van der Waals surface area contributed by atoms with E-state index in [1.807, 2.05) is 0 Å². The Hall–Kier alpha value is -1.89. The lowest BCUT2D eigenvalue weighted by Crippen LogP contribution is -2.38. The van der Waals surface area contributed by atoms with Gasteiger partial charge in [0, 0.05) is 36.2 Å². The third-order valence-corrected chi connectivity index (χ3v) is 4.63. The zero-order valence-electron chi connectivity index (χ0n) is 14.9. The first kappa shape index (κ1) is 18.4. The molecule has 0 amide bonds. The SMILES string of the molecule is CCNC(=NCC(C)c1cccs1)NCCc1nc(C(C)C)no1. The molecule has 0 saturated heterocycles. The number of rotatable bonds is 8. The van der Waals surface area contributed by atoms with Gasteiger partial charge in [0.2, 0.25) is 5.89 Å². The average molecular weight is 350 g/mol. The summed E-state index contributed by atoms with van der Waals surface area (Å²) in [6.07, 6.45) is 0.685. The Labute approximate surface area is 147 Å². The van der Waals surface area contributed by atoms with E-state index < -0.39 is 0 Å². The van der Waals surface area contributed by atoms with Crippen LogP contribution >= 0.6 is 11.3 Å². The van der Waals surface area contributed by atoms with Crippen LogP contribution < -0.4 is 10.6 Å². The van der Waals surface area contributed by atoms with Gasteiger partial charge in [0.15, 0.2) is 11.8 Å². The fraction of sp³-hybridized carbons (Fsp3) is 0.588. The molecule has 6 nitrogen and oxygen atoms in total. The smallest absolute Gasteiger partial charge is 0.228 e. The van der Waals surface area contributed by atoms with Gasteiger partial charge in [-0.3, -0.25) is 4.99 Å². The maximum atomic E-state index is 5.25. The van der Waals surface area contributed by atoms with Crippen molar-refractivity contribution in [1.82, 2.24) is 20.8 Å². The fourth-order valence-corrected chi connectivity index (χ4v) is 2.90. The topological polar surface area (TPSA) is 75.3 Å². The Morgan fingerprint density at radius 3 is 2.79 bits per heavy atom. The van der Waals surface area contributed by atoms with Crippen LogP contribution in [0.1, 0.15) is 56.1 Å². The van der Waals surface area contributed by atoms with Crippen LogP contribution in [0.3, 0.4) is 0 Å². The third kappa shape index (κ3) is 5.63. The molecule has 7 heteroatoms. The lowest BCUT2D eigenvalue weighted by Gasteiger charge is -2.12. The van der Waals surface area contributed by atoms with Crippen molar-refractivity contribution in [1.29, 1.82) is 0 Å². The number of aromatic nitrogens is 2. The van der Waals surface area contributed by atoms with Crippen molar-refractivity contribution in [2.24, 2.45) is 4.99 Å². The molecular weight excluding hydrogens is 322 g/mol. The molecule has 0 radical (unpaired) electrons.